The smallest absolute Gasteiger partial charge is 0.284 e. The molecular formula is C17H13BrN2O5. The Labute approximate surface area is 151 Å². The number of nitrogens with one attached hydrogen (secondary N) is 1. The number of nitrogens with zero attached hydrogens (tertiary/aromatic N) is 1. The third kappa shape index (κ3) is 3.25. The Hall–Kier alpha value is -2.74. The monoisotopic (exact) mass is 404 g/mol. The Morgan fingerprint density at radius 2 is 1.88 bits per heavy atom. The van der Waals surface area contributed by atoms with Gasteiger partial charge < -0.3 is 18.9 Å². The first-order chi connectivity index (χ1) is 12.2. The van der Waals surface area contributed by atoms with E-state index >= 15 is 0 Å². The lowest BCUT2D eigenvalue weighted by molar-refractivity contribution is -0.130. The fraction of sp³-hybridized carbons (Fsp3) is 0.176. The summed E-state index contributed by atoms with van der Waals surface area (Å²) in [6, 6.07) is 10.8. The molecule has 0 spiro atoms. The van der Waals surface area contributed by atoms with Crippen molar-refractivity contribution >= 4 is 28.1 Å². The van der Waals surface area contributed by atoms with Gasteiger partial charge in [-0.2, -0.15) is 5.10 Å². The van der Waals surface area contributed by atoms with E-state index in [1.165, 1.54) is 6.21 Å². The Bertz CT molecular complexity index is 855. The number of fused-ring (bicyclic) bond motifs is 2. The number of hydrogen-bond donors (Lipinski definition) is 1. The van der Waals surface area contributed by atoms with Crippen molar-refractivity contribution in [2.45, 2.75) is 6.10 Å². The Morgan fingerprint density at radius 3 is 2.72 bits per heavy atom. The fourth-order valence-electron chi connectivity index (χ4n) is 2.42. The minimum absolute atomic E-state index is 0.131. The SMILES string of the molecule is O=C(NN=Cc1cc2c(cc1Br)OCO2)[C@@H]1COc2ccccc2O1. The molecule has 7 nitrogen and oxygen atoms in total. The molecular weight excluding hydrogens is 392 g/mol. The average molecular weight is 405 g/mol. The summed E-state index contributed by atoms with van der Waals surface area (Å²) in [5.74, 6) is 2.08. The first-order valence-electron chi connectivity index (χ1n) is 7.51. The van der Waals surface area contributed by atoms with Gasteiger partial charge in [0.15, 0.2) is 23.0 Å². The first-order valence-corrected chi connectivity index (χ1v) is 8.30. The van der Waals surface area contributed by atoms with Crippen molar-refractivity contribution in [3.8, 4) is 23.0 Å². The molecule has 1 atom stereocenters. The molecule has 0 aliphatic carbocycles. The zero-order chi connectivity index (χ0) is 17.2. The van der Waals surface area contributed by atoms with Crippen molar-refractivity contribution in [2.75, 3.05) is 13.4 Å². The molecule has 0 bridgehead atoms. The second-order valence-electron chi connectivity index (χ2n) is 5.33. The minimum atomic E-state index is -0.757. The number of rotatable bonds is 3. The molecule has 0 unspecified atom stereocenters. The van der Waals surface area contributed by atoms with Crippen LogP contribution in [0.2, 0.25) is 0 Å². The number of benzene rings is 2. The highest BCUT2D eigenvalue weighted by molar-refractivity contribution is 9.10. The van der Waals surface area contributed by atoms with E-state index in [1.807, 2.05) is 12.1 Å². The molecule has 8 heteroatoms. The highest BCUT2D eigenvalue weighted by atomic mass is 79.9. The van der Waals surface area contributed by atoms with Gasteiger partial charge in [-0.05, 0) is 40.2 Å². The summed E-state index contributed by atoms with van der Waals surface area (Å²) in [7, 11) is 0. The van der Waals surface area contributed by atoms with E-state index < -0.39 is 6.10 Å². The topological polar surface area (TPSA) is 78.4 Å². The fourth-order valence-corrected chi connectivity index (χ4v) is 2.84. The molecule has 1 amide bonds. The van der Waals surface area contributed by atoms with E-state index in [-0.39, 0.29) is 19.3 Å². The summed E-state index contributed by atoms with van der Waals surface area (Å²) in [4.78, 5) is 12.2. The maximum Gasteiger partial charge on any atom is 0.284 e. The van der Waals surface area contributed by atoms with E-state index in [4.69, 9.17) is 18.9 Å². The van der Waals surface area contributed by atoms with Gasteiger partial charge in [-0.3, -0.25) is 4.79 Å². The molecule has 25 heavy (non-hydrogen) atoms. The van der Waals surface area contributed by atoms with Gasteiger partial charge in [-0.25, -0.2) is 5.43 Å². The van der Waals surface area contributed by atoms with Crippen LogP contribution in [0.5, 0.6) is 23.0 Å². The normalized spacial score (nSPS) is 17.6. The lowest BCUT2D eigenvalue weighted by atomic mass is 10.2. The van der Waals surface area contributed by atoms with E-state index in [9.17, 15) is 4.79 Å². The van der Waals surface area contributed by atoms with Gasteiger partial charge in [0.25, 0.3) is 5.91 Å². The van der Waals surface area contributed by atoms with Crippen molar-refractivity contribution in [3.63, 3.8) is 0 Å². The highest BCUT2D eigenvalue weighted by Crippen LogP contribution is 2.36. The quantitative estimate of drug-likeness (QED) is 0.627. The number of ether oxygens (including phenoxy) is 4. The summed E-state index contributed by atoms with van der Waals surface area (Å²) in [5, 5.41) is 3.97. The summed E-state index contributed by atoms with van der Waals surface area (Å²) in [6.45, 7) is 0.325. The van der Waals surface area contributed by atoms with Gasteiger partial charge in [0.1, 0.15) is 6.61 Å². The molecule has 2 aliphatic heterocycles. The lowest BCUT2D eigenvalue weighted by Gasteiger charge is -2.24. The second-order valence-corrected chi connectivity index (χ2v) is 6.18. The van der Waals surface area contributed by atoms with E-state index in [1.54, 1.807) is 24.3 Å². The first kappa shape index (κ1) is 15.8. The van der Waals surface area contributed by atoms with Crippen molar-refractivity contribution in [1.29, 1.82) is 0 Å². The lowest BCUT2D eigenvalue weighted by Crippen LogP contribution is -2.42. The number of amides is 1. The maximum absolute atomic E-state index is 12.2. The molecule has 0 aromatic heterocycles. The number of halogens is 1. The molecule has 1 N–H and O–H groups in total. The van der Waals surface area contributed by atoms with Crippen LogP contribution in [0, 0.1) is 0 Å². The molecule has 4 rings (SSSR count). The minimum Gasteiger partial charge on any atom is -0.485 e. The highest BCUT2D eigenvalue weighted by Gasteiger charge is 2.27. The van der Waals surface area contributed by atoms with Gasteiger partial charge in [-0.15, -0.1) is 0 Å². The van der Waals surface area contributed by atoms with Gasteiger partial charge in [0, 0.05) is 10.0 Å². The van der Waals surface area contributed by atoms with Crippen LogP contribution >= 0.6 is 15.9 Å². The molecule has 0 saturated carbocycles. The Morgan fingerprint density at radius 1 is 1.12 bits per heavy atom. The van der Waals surface area contributed by atoms with Crippen LogP contribution in [0.3, 0.4) is 0 Å². The Kier molecular flexibility index (Phi) is 4.19. The van der Waals surface area contributed by atoms with Crippen molar-refractivity contribution in [3.05, 3.63) is 46.4 Å². The third-order valence-corrected chi connectivity index (χ3v) is 4.36. The molecule has 2 aromatic carbocycles. The van der Waals surface area contributed by atoms with Gasteiger partial charge >= 0.3 is 0 Å². The van der Waals surface area contributed by atoms with E-state index in [0.29, 0.717) is 23.0 Å². The number of hydrogen-bond acceptors (Lipinski definition) is 6. The number of carbonyl (C=O) groups excluding carboxylic acids is 1. The summed E-state index contributed by atoms with van der Waals surface area (Å²) in [5.41, 5.74) is 3.21. The van der Waals surface area contributed by atoms with E-state index in [0.717, 1.165) is 10.0 Å². The molecule has 0 saturated heterocycles. The predicted octanol–water partition coefficient (Wildman–Crippen LogP) is 2.47. The van der Waals surface area contributed by atoms with Crippen LogP contribution in [-0.2, 0) is 4.79 Å². The molecule has 0 radical (unpaired) electrons. The van der Waals surface area contributed by atoms with Crippen LogP contribution in [0.15, 0.2) is 46.0 Å². The van der Waals surface area contributed by atoms with E-state index in [2.05, 4.69) is 26.5 Å². The van der Waals surface area contributed by atoms with Crippen LogP contribution < -0.4 is 24.4 Å². The molecule has 128 valence electrons. The van der Waals surface area contributed by atoms with Crippen LogP contribution in [0.4, 0.5) is 0 Å². The Balaban J connectivity index is 1.40. The number of para-hydroxylation sites is 2. The van der Waals surface area contributed by atoms with Crippen molar-refractivity contribution < 1.29 is 23.7 Å². The maximum atomic E-state index is 12.2. The zero-order valence-corrected chi connectivity index (χ0v) is 14.5. The molecule has 0 fully saturated rings. The summed E-state index contributed by atoms with van der Waals surface area (Å²) >= 11 is 3.43. The molecule has 2 aliphatic rings. The van der Waals surface area contributed by atoms with Gasteiger partial charge in [0.2, 0.25) is 12.9 Å². The summed E-state index contributed by atoms with van der Waals surface area (Å²) in [6.07, 6.45) is 0.758. The van der Waals surface area contributed by atoms with Crippen LogP contribution in [0.1, 0.15) is 5.56 Å². The molecule has 2 aromatic rings. The number of carbonyl (C=O) groups is 1. The zero-order valence-electron chi connectivity index (χ0n) is 12.9. The number of hydrazone groups is 1. The average Bonchev–Trinajstić information content (AvgIpc) is 3.08. The summed E-state index contributed by atoms with van der Waals surface area (Å²) < 4.78 is 22.5. The third-order valence-electron chi connectivity index (χ3n) is 3.67. The largest absolute Gasteiger partial charge is 0.485 e. The second kappa shape index (κ2) is 6.64. The van der Waals surface area contributed by atoms with Gasteiger partial charge in [0.05, 0.1) is 6.21 Å². The van der Waals surface area contributed by atoms with Gasteiger partial charge in [-0.1, -0.05) is 12.1 Å². The molecule has 2 heterocycles. The van der Waals surface area contributed by atoms with Crippen molar-refractivity contribution in [2.24, 2.45) is 5.10 Å². The van der Waals surface area contributed by atoms with Crippen LogP contribution in [-0.4, -0.2) is 31.6 Å². The van der Waals surface area contributed by atoms with Crippen LogP contribution in [0.25, 0.3) is 0 Å². The van der Waals surface area contributed by atoms with Crippen molar-refractivity contribution in [1.82, 2.24) is 5.43 Å². The predicted molar refractivity (Wildman–Crippen MR) is 92.4 cm³/mol. The standard InChI is InChI=1S/C17H13BrN2O5/c18-11-6-15-14(23-9-24-15)5-10(11)7-19-20-17(21)16-8-22-12-3-1-2-4-13(12)25-16/h1-7,16H,8-9H2,(H,20,21)/t16-/m0/s1.